The van der Waals surface area contributed by atoms with E-state index >= 15 is 0 Å². The third kappa shape index (κ3) is 4.36. The summed E-state index contributed by atoms with van der Waals surface area (Å²) in [4.78, 5) is 15.3. The van der Waals surface area contributed by atoms with Crippen molar-refractivity contribution in [3.63, 3.8) is 0 Å². The summed E-state index contributed by atoms with van der Waals surface area (Å²) in [7, 11) is 7.20. The molecule has 4 rings (SSSR count). The molecule has 2 aromatic carbocycles. The van der Waals surface area contributed by atoms with Crippen LogP contribution in [0.2, 0.25) is 0 Å². The van der Waals surface area contributed by atoms with Crippen LogP contribution in [-0.2, 0) is 0 Å². The van der Waals surface area contributed by atoms with Crippen LogP contribution < -0.4 is 14.4 Å². The highest BCUT2D eigenvalue weighted by molar-refractivity contribution is 9.10. The van der Waals surface area contributed by atoms with Gasteiger partial charge in [0.1, 0.15) is 11.5 Å². The number of hydrazone groups is 1. The van der Waals surface area contributed by atoms with Crippen LogP contribution in [0.25, 0.3) is 0 Å². The van der Waals surface area contributed by atoms with Crippen molar-refractivity contribution in [3.8, 4) is 11.5 Å². The summed E-state index contributed by atoms with van der Waals surface area (Å²) in [6.45, 7) is 0. The number of carbonyl (C=O) groups excluding carboxylic acids is 1. The highest BCUT2D eigenvalue weighted by Crippen LogP contribution is 2.36. The molecule has 0 N–H and O–H groups in total. The van der Waals surface area contributed by atoms with E-state index in [0.29, 0.717) is 22.6 Å². The third-order valence-corrected chi connectivity index (χ3v) is 5.81. The van der Waals surface area contributed by atoms with Gasteiger partial charge in [-0.3, -0.25) is 4.79 Å². The lowest BCUT2D eigenvalue weighted by molar-refractivity contribution is 0.0677. The molecule has 0 saturated heterocycles. The van der Waals surface area contributed by atoms with Crippen molar-refractivity contribution in [3.05, 3.63) is 76.2 Å². The molecule has 0 aliphatic carbocycles. The number of halogens is 1. The number of hydrogen-bond donors (Lipinski definition) is 0. The van der Waals surface area contributed by atoms with Gasteiger partial charge in [0.25, 0.3) is 0 Å². The molecule has 0 spiro atoms. The highest BCUT2D eigenvalue weighted by Gasteiger charge is 2.35. The minimum absolute atomic E-state index is 0.222. The minimum atomic E-state index is -0.303. The fourth-order valence-electron chi connectivity index (χ4n) is 3.64. The van der Waals surface area contributed by atoms with Gasteiger partial charge in [-0.05, 0) is 57.9 Å². The van der Waals surface area contributed by atoms with E-state index in [1.54, 1.807) is 32.4 Å². The fraction of sp³-hybridized carbons (Fsp3) is 0.250. The Kier molecular flexibility index (Phi) is 6.23. The van der Waals surface area contributed by atoms with Crippen LogP contribution >= 0.6 is 15.9 Å². The molecule has 0 bridgehead atoms. The number of furan rings is 1. The van der Waals surface area contributed by atoms with E-state index in [9.17, 15) is 4.79 Å². The van der Waals surface area contributed by atoms with E-state index in [1.165, 1.54) is 5.01 Å². The van der Waals surface area contributed by atoms with Gasteiger partial charge in [0.05, 0.1) is 26.0 Å². The average molecular weight is 498 g/mol. The summed E-state index contributed by atoms with van der Waals surface area (Å²) < 4.78 is 16.8. The van der Waals surface area contributed by atoms with Crippen molar-refractivity contribution in [2.75, 3.05) is 33.2 Å². The SMILES string of the molecule is COc1cc(OC)cc(C2=NN(C(=O)c3ccc(Br)o3)[C@@H](c3ccc(N(C)C)cc3)C2)c1. The highest BCUT2D eigenvalue weighted by atomic mass is 79.9. The number of hydrogen-bond acceptors (Lipinski definition) is 6. The van der Waals surface area contributed by atoms with Gasteiger partial charge in [-0.1, -0.05) is 12.1 Å². The lowest BCUT2D eigenvalue weighted by atomic mass is 9.97. The van der Waals surface area contributed by atoms with Gasteiger partial charge in [-0.25, -0.2) is 5.01 Å². The summed E-state index contributed by atoms with van der Waals surface area (Å²) in [5.74, 6) is 1.24. The van der Waals surface area contributed by atoms with Gasteiger partial charge in [-0.2, -0.15) is 5.10 Å². The minimum Gasteiger partial charge on any atom is -0.497 e. The molecule has 0 fully saturated rings. The number of ether oxygens (including phenoxy) is 2. The van der Waals surface area contributed by atoms with Crippen LogP contribution in [0.1, 0.15) is 34.1 Å². The zero-order chi connectivity index (χ0) is 22.8. The molecule has 0 unspecified atom stereocenters. The van der Waals surface area contributed by atoms with Gasteiger partial charge < -0.3 is 18.8 Å². The molecule has 1 atom stereocenters. The molecular weight excluding hydrogens is 474 g/mol. The Labute approximate surface area is 195 Å². The number of carbonyl (C=O) groups is 1. The lowest BCUT2D eigenvalue weighted by Crippen LogP contribution is -2.26. The number of methoxy groups -OCH3 is 2. The Morgan fingerprint density at radius 3 is 2.25 bits per heavy atom. The Bertz CT molecular complexity index is 1130. The molecule has 1 aromatic heterocycles. The van der Waals surface area contributed by atoms with E-state index in [-0.39, 0.29) is 17.7 Å². The van der Waals surface area contributed by atoms with Crippen LogP contribution in [-0.4, -0.2) is 44.9 Å². The van der Waals surface area contributed by atoms with Gasteiger partial charge in [-0.15, -0.1) is 0 Å². The quantitative estimate of drug-likeness (QED) is 0.472. The predicted octanol–water partition coefficient (Wildman–Crippen LogP) is 5.12. The summed E-state index contributed by atoms with van der Waals surface area (Å²) in [6.07, 6.45) is 0.547. The second-order valence-corrected chi connectivity index (χ2v) is 8.39. The van der Waals surface area contributed by atoms with Crippen LogP contribution in [0.3, 0.4) is 0 Å². The number of rotatable bonds is 6. The predicted molar refractivity (Wildman–Crippen MR) is 127 cm³/mol. The first kappa shape index (κ1) is 22.0. The molecule has 1 amide bonds. The molecule has 1 aliphatic heterocycles. The molecule has 32 heavy (non-hydrogen) atoms. The molecule has 2 heterocycles. The van der Waals surface area contributed by atoms with E-state index in [2.05, 4.69) is 15.9 Å². The molecule has 8 heteroatoms. The van der Waals surface area contributed by atoms with Crippen molar-refractivity contribution in [2.45, 2.75) is 12.5 Å². The second kappa shape index (κ2) is 9.08. The van der Waals surface area contributed by atoms with Crippen molar-refractivity contribution < 1.29 is 18.7 Å². The van der Waals surface area contributed by atoms with Gasteiger partial charge in [0.15, 0.2) is 10.4 Å². The maximum atomic E-state index is 13.3. The zero-order valence-electron chi connectivity index (χ0n) is 18.3. The maximum absolute atomic E-state index is 13.3. The van der Waals surface area contributed by atoms with Gasteiger partial charge in [0.2, 0.25) is 0 Å². The van der Waals surface area contributed by atoms with Crippen LogP contribution in [0.4, 0.5) is 5.69 Å². The third-order valence-electron chi connectivity index (χ3n) is 5.38. The molecule has 1 aliphatic rings. The molecule has 0 radical (unpaired) electrons. The number of benzene rings is 2. The Morgan fingerprint density at radius 1 is 1.06 bits per heavy atom. The van der Waals surface area contributed by atoms with E-state index in [1.807, 2.05) is 55.4 Å². The first-order valence-electron chi connectivity index (χ1n) is 10.1. The van der Waals surface area contributed by atoms with Crippen molar-refractivity contribution in [1.82, 2.24) is 5.01 Å². The monoisotopic (exact) mass is 497 g/mol. The second-order valence-electron chi connectivity index (χ2n) is 7.61. The molecule has 166 valence electrons. The Balaban J connectivity index is 1.74. The van der Waals surface area contributed by atoms with E-state index < -0.39 is 0 Å². The van der Waals surface area contributed by atoms with Crippen molar-refractivity contribution in [1.29, 1.82) is 0 Å². The first-order valence-corrected chi connectivity index (χ1v) is 10.9. The number of anilines is 1. The van der Waals surface area contributed by atoms with Crippen molar-refractivity contribution in [2.24, 2.45) is 5.10 Å². The smallest absolute Gasteiger partial charge is 0.310 e. The Hall–Kier alpha value is -3.26. The fourth-order valence-corrected chi connectivity index (χ4v) is 3.95. The molecular formula is C24H24BrN3O4. The lowest BCUT2D eigenvalue weighted by Gasteiger charge is -2.22. The maximum Gasteiger partial charge on any atom is 0.310 e. The summed E-state index contributed by atoms with van der Waals surface area (Å²) >= 11 is 3.27. The van der Waals surface area contributed by atoms with Crippen LogP contribution in [0.15, 0.2) is 68.8 Å². The molecule has 3 aromatic rings. The Morgan fingerprint density at radius 2 is 1.72 bits per heavy atom. The zero-order valence-corrected chi connectivity index (χ0v) is 19.9. The van der Waals surface area contributed by atoms with E-state index in [0.717, 1.165) is 22.5 Å². The van der Waals surface area contributed by atoms with Crippen molar-refractivity contribution >= 4 is 33.2 Å². The number of nitrogens with zero attached hydrogens (tertiary/aromatic N) is 3. The first-order chi connectivity index (χ1) is 15.4. The molecule has 0 saturated carbocycles. The van der Waals surface area contributed by atoms with Gasteiger partial charge >= 0.3 is 5.91 Å². The normalized spacial score (nSPS) is 15.5. The summed E-state index contributed by atoms with van der Waals surface area (Å²) in [6, 6.07) is 16.8. The van der Waals surface area contributed by atoms with Crippen LogP contribution in [0.5, 0.6) is 11.5 Å². The standard InChI is InChI=1S/C24H24BrN3O4/c1-27(2)17-7-5-15(6-8-17)21-14-20(16-11-18(30-3)13-19(12-16)31-4)26-28(21)24(29)22-9-10-23(25)32-22/h5-13,21H,14H2,1-4H3/t21-/m1/s1. The van der Waals surface area contributed by atoms with E-state index in [4.69, 9.17) is 19.0 Å². The topological polar surface area (TPSA) is 67.5 Å². The molecule has 7 nitrogen and oxygen atoms in total. The largest absolute Gasteiger partial charge is 0.497 e. The summed E-state index contributed by atoms with van der Waals surface area (Å²) in [5.41, 5.74) is 3.68. The number of amides is 1. The van der Waals surface area contributed by atoms with Gasteiger partial charge in [0, 0.05) is 37.8 Å². The van der Waals surface area contributed by atoms with Crippen LogP contribution in [0, 0.1) is 0 Å². The summed E-state index contributed by atoms with van der Waals surface area (Å²) in [5, 5.41) is 6.21. The average Bonchev–Trinajstić information content (AvgIpc) is 3.45.